The molecule has 2 aromatic rings. The van der Waals surface area contributed by atoms with Gasteiger partial charge < -0.3 is 4.90 Å². The van der Waals surface area contributed by atoms with E-state index in [1.807, 2.05) is 42.5 Å². The Labute approximate surface area is 170 Å². The van der Waals surface area contributed by atoms with E-state index >= 15 is 0 Å². The Morgan fingerprint density at radius 3 is 2.25 bits per heavy atom. The molecule has 0 radical (unpaired) electrons. The van der Waals surface area contributed by atoms with Crippen molar-refractivity contribution in [2.75, 3.05) is 26.2 Å². The third-order valence-electron chi connectivity index (χ3n) is 4.41. The van der Waals surface area contributed by atoms with Gasteiger partial charge in [-0.25, -0.2) is 8.42 Å². The van der Waals surface area contributed by atoms with Crippen LogP contribution in [-0.2, 0) is 14.8 Å². The molecule has 28 heavy (non-hydrogen) atoms. The second-order valence-corrected chi connectivity index (χ2v) is 8.63. The average Bonchev–Trinajstić information content (AvgIpc) is 2.71. The Bertz CT molecular complexity index is 980. The molecule has 0 atom stereocenters. The van der Waals surface area contributed by atoms with Crippen LogP contribution in [0.2, 0.25) is 5.02 Å². The summed E-state index contributed by atoms with van der Waals surface area (Å²) in [6.45, 7) is 1.27. The highest BCUT2D eigenvalue weighted by Crippen LogP contribution is 2.14. The molecule has 0 N–H and O–H groups in total. The lowest BCUT2D eigenvalue weighted by Gasteiger charge is -2.32. The molecule has 1 amide bonds. The van der Waals surface area contributed by atoms with Crippen molar-refractivity contribution >= 4 is 39.7 Å². The Hall–Kier alpha value is -2.41. The first kappa shape index (κ1) is 20.3. The Kier molecular flexibility index (Phi) is 6.67. The summed E-state index contributed by atoms with van der Waals surface area (Å²) in [7, 11) is -3.51. The number of carbonyl (C=O) groups excluding carboxylic acids is 1. The summed E-state index contributed by atoms with van der Waals surface area (Å²) in [6.07, 6.45) is 4.78. The summed E-state index contributed by atoms with van der Waals surface area (Å²) >= 11 is 5.94. The first-order valence-corrected chi connectivity index (χ1v) is 10.8. The van der Waals surface area contributed by atoms with Crippen molar-refractivity contribution in [2.45, 2.75) is 0 Å². The van der Waals surface area contributed by atoms with Crippen LogP contribution in [0.4, 0.5) is 0 Å². The zero-order chi connectivity index (χ0) is 20.0. The minimum atomic E-state index is -3.51. The molecule has 0 aliphatic carbocycles. The van der Waals surface area contributed by atoms with Crippen LogP contribution >= 0.6 is 11.6 Å². The number of nitrogens with zero attached hydrogens (tertiary/aromatic N) is 2. The van der Waals surface area contributed by atoms with Gasteiger partial charge in [0.1, 0.15) is 0 Å². The van der Waals surface area contributed by atoms with Gasteiger partial charge in [-0.15, -0.1) is 0 Å². The predicted molar refractivity (Wildman–Crippen MR) is 113 cm³/mol. The van der Waals surface area contributed by atoms with E-state index in [-0.39, 0.29) is 19.0 Å². The minimum absolute atomic E-state index is 0.142. The van der Waals surface area contributed by atoms with Crippen LogP contribution in [-0.4, -0.2) is 49.7 Å². The zero-order valence-corrected chi connectivity index (χ0v) is 16.8. The fourth-order valence-electron chi connectivity index (χ4n) is 2.86. The highest BCUT2D eigenvalue weighted by molar-refractivity contribution is 7.92. The summed E-state index contributed by atoms with van der Waals surface area (Å²) in [5.41, 5.74) is 1.67. The Morgan fingerprint density at radius 2 is 1.57 bits per heavy atom. The minimum Gasteiger partial charge on any atom is -0.337 e. The molecule has 0 bridgehead atoms. The van der Waals surface area contributed by atoms with Gasteiger partial charge >= 0.3 is 0 Å². The van der Waals surface area contributed by atoms with Crippen LogP contribution in [0.1, 0.15) is 11.1 Å². The smallest absolute Gasteiger partial charge is 0.246 e. The van der Waals surface area contributed by atoms with Gasteiger partial charge in [-0.2, -0.15) is 4.31 Å². The average molecular weight is 417 g/mol. The molecule has 7 heteroatoms. The SMILES string of the molecule is O=C(C=Cc1cccc(Cl)c1)N1CCN(S(=O)(=O)C=Cc2ccccc2)CC1. The third kappa shape index (κ3) is 5.55. The largest absolute Gasteiger partial charge is 0.337 e. The van der Waals surface area contributed by atoms with Crippen molar-refractivity contribution < 1.29 is 13.2 Å². The topological polar surface area (TPSA) is 57.7 Å². The molecule has 1 fully saturated rings. The number of amides is 1. The summed E-state index contributed by atoms with van der Waals surface area (Å²) in [5, 5.41) is 1.83. The molecule has 2 aromatic carbocycles. The summed E-state index contributed by atoms with van der Waals surface area (Å²) in [6, 6.07) is 16.5. The van der Waals surface area contributed by atoms with Crippen molar-refractivity contribution in [1.29, 1.82) is 0 Å². The van der Waals surface area contributed by atoms with Crippen LogP contribution < -0.4 is 0 Å². The molecule has 146 valence electrons. The molecule has 3 rings (SSSR count). The third-order valence-corrected chi connectivity index (χ3v) is 6.21. The first-order chi connectivity index (χ1) is 13.4. The van der Waals surface area contributed by atoms with Gasteiger partial charge in [0.15, 0.2) is 0 Å². The van der Waals surface area contributed by atoms with E-state index in [2.05, 4.69) is 0 Å². The summed E-state index contributed by atoms with van der Waals surface area (Å²) < 4.78 is 26.4. The maximum atomic E-state index is 12.5. The monoisotopic (exact) mass is 416 g/mol. The highest BCUT2D eigenvalue weighted by Gasteiger charge is 2.26. The predicted octanol–water partition coefficient (Wildman–Crippen LogP) is 3.50. The van der Waals surface area contributed by atoms with Gasteiger partial charge in [0.05, 0.1) is 0 Å². The van der Waals surface area contributed by atoms with E-state index < -0.39 is 10.0 Å². The van der Waals surface area contributed by atoms with E-state index in [4.69, 9.17) is 11.6 Å². The van der Waals surface area contributed by atoms with Crippen molar-refractivity contribution in [2.24, 2.45) is 0 Å². The Morgan fingerprint density at radius 1 is 0.893 bits per heavy atom. The lowest BCUT2D eigenvalue weighted by Crippen LogP contribution is -2.49. The van der Waals surface area contributed by atoms with Crippen LogP contribution in [0.15, 0.2) is 66.1 Å². The fourth-order valence-corrected chi connectivity index (χ4v) is 4.23. The molecule has 1 aliphatic rings. The molecular weight excluding hydrogens is 396 g/mol. The molecule has 5 nitrogen and oxygen atoms in total. The van der Waals surface area contributed by atoms with Crippen LogP contribution in [0.25, 0.3) is 12.2 Å². The van der Waals surface area contributed by atoms with Crippen LogP contribution in [0, 0.1) is 0 Å². The number of hydrogen-bond acceptors (Lipinski definition) is 3. The molecule has 0 aromatic heterocycles. The van der Waals surface area contributed by atoms with Gasteiger partial charge in [-0.1, -0.05) is 54.1 Å². The van der Waals surface area contributed by atoms with Crippen molar-refractivity contribution in [3.63, 3.8) is 0 Å². The van der Waals surface area contributed by atoms with Gasteiger partial charge in [0, 0.05) is 42.7 Å². The normalized spacial score (nSPS) is 16.1. The summed E-state index contributed by atoms with van der Waals surface area (Å²) in [4.78, 5) is 14.0. The van der Waals surface area contributed by atoms with Gasteiger partial charge in [0.25, 0.3) is 0 Å². The second-order valence-electron chi connectivity index (χ2n) is 6.37. The number of sulfonamides is 1. The maximum Gasteiger partial charge on any atom is 0.246 e. The molecule has 0 saturated carbocycles. The number of halogens is 1. The number of hydrogen-bond donors (Lipinski definition) is 0. The number of piperazine rings is 1. The van der Waals surface area contributed by atoms with Gasteiger partial charge in [0.2, 0.25) is 15.9 Å². The molecule has 0 spiro atoms. The van der Waals surface area contributed by atoms with Crippen molar-refractivity contribution in [1.82, 2.24) is 9.21 Å². The fraction of sp³-hybridized carbons (Fsp3) is 0.190. The molecule has 1 heterocycles. The van der Waals surface area contributed by atoms with Gasteiger partial charge in [-0.05, 0) is 35.4 Å². The van der Waals surface area contributed by atoms with E-state index in [0.29, 0.717) is 18.1 Å². The van der Waals surface area contributed by atoms with E-state index in [1.165, 1.54) is 15.8 Å². The summed E-state index contributed by atoms with van der Waals surface area (Å²) in [5.74, 6) is -0.142. The van der Waals surface area contributed by atoms with Gasteiger partial charge in [-0.3, -0.25) is 4.79 Å². The molecular formula is C21H21ClN2O3S. The lowest BCUT2D eigenvalue weighted by molar-refractivity contribution is -0.127. The zero-order valence-electron chi connectivity index (χ0n) is 15.2. The maximum absolute atomic E-state index is 12.5. The standard InChI is InChI=1S/C21H21ClN2O3S/c22-20-8-4-7-19(17-20)9-10-21(25)23-12-14-24(15-13-23)28(26,27)16-11-18-5-2-1-3-6-18/h1-11,16-17H,12-15H2. The second kappa shape index (κ2) is 9.19. The van der Waals surface area contributed by atoms with E-state index in [0.717, 1.165) is 11.1 Å². The number of carbonyl (C=O) groups is 1. The lowest BCUT2D eigenvalue weighted by atomic mass is 10.2. The van der Waals surface area contributed by atoms with Crippen LogP contribution in [0.3, 0.4) is 0 Å². The van der Waals surface area contributed by atoms with Crippen LogP contribution in [0.5, 0.6) is 0 Å². The quantitative estimate of drug-likeness (QED) is 0.701. The number of benzene rings is 2. The van der Waals surface area contributed by atoms with Crippen molar-refractivity contribution in [3.8, 4) is 0 Å². The highest BCUT2D eigenvalue weighted by atomic mass is 35.5. The van der Waals surface area contributed by atoms with E-state index in [9.17, 15) is 13.2 Å². The van der Waals surface area contributed by atoms with E-state index in [1.54, 1.807) is 29.2 Å². The molecule has 1 saturated heterocycles. The molecule has 0 unspecified atom stereocenters. The number of rotatable bonds is 5. The first-order valence-electron chi connectivity index (χ1n) is 8.90. The Balaban J connectivity index is 1.56. The van der Waals surface area contributed by atoms with Crippen molar-refractivity contribution in [3.05, 3.63) is 82.2 Å². The molecule has 1 aliphatic heterocycles.